The first-order chi connectivity index (χ1) is 37.5. The molecule has 1 unspecified atom stereocenters. The Morgan fingerprint density at radius 1 is 0.263 bits per heavy atom. The molecule has 0 saturated heterocycles. The first-order valence-electron chi connectivity index (χ1n) is 32.9. The average Bonchev–Trinajstić information content (AvgIpc) is 3.42. The number of rotatable bonds is 60. The van der Waals surface area contributed by atoms with Crippen molar-refractivity contribution in [2.75, 3.05) is 13.2 Å². The number of hydrogen-bond donors (Lipinski definition) is 0. The van der Waals surface area contributed by atoms with Crippen molar-refractivity contribution in [3.63, 3.8) is 0 Å². The van der Waals surface area contributed by atoms with Gasteiger partial charge in [-0.3, -0.25) is 14.4 Å². The molecule has 0 bridgehead atoms. The zero-order valence-corrected chi connectivity index (χ0v) is 50.5. The molecule has 0 spiro atoms. The van der Waals surface area contributed by atoms with Crippen LogP contribution in [0.2, 0.25) is 0 Å². The van der Waals surface area contributed by atoms with Gasteiger partial charge in [0.05, 0.1) is 0 Å². The minimum atomic E-state index is -0.787. The van der Waals surface area contributed by atoms with E-state index < -0.39 is 6.10 Å². The lowest BCUT2D eigenvalue weighted by Gasteiger charge is -2.18. The number of allylic oxidation sites excluding steroid dienone is 12. The normalized spacial score (nSPS) is 12.5. The van der Waals surface area contributed by atoms with Crippen molar-refractivity contribution < 1.29 is 28.6 Å². The van der Waals surface area contributed by atoms with E-state index in [0.717, 1.165) is 96.3 Å². The largest absolute Gasteiger partial charge is 0.462 e. The smallest absolute Gasteiger partial charge is 0.306 e. The summed E-state index contributed by atoms with van der Waals surface area (Å²) in [4.78, 5) is 38.4. The first-order valence-corrected chi connectivity index (χ1v) is 32.9. The van der Waals surface area contributed by atoms with Gasteiger partial charge in [0.15, 0.2) is 6.10 Å². The third-order valence-corrected chi connectivity index (χ3v) is 14.4. The Morgan fingerprint density at radius 3 is 0.763 bits per heavy atom. The van der Waals surface area contributed by atoms with Crippen molar-refractivity contribution in [1.29, 1.82) is 0 Å². The van der Waals surface area contributed by atoms with E-state index in [-0.39, 0.29) is 31.1 Å². The van der Waals surface area contributed by atoms with Gasteiger partial charge in [0.25, 0.3) is 0 Å². The van der Waals surface area contributed by atoms with E-state index in [2.05, 4.69) is 93.7 Å². The third kappa shape index (κ3) is 61.7. The second-order valence-corrected chi connectivity index (χ2v) is 22.0. The predicted molar refractivity (Wildman–Crippen MR) is 330 cm³/mol. The van der Waals surface area contributed by atoms with E-state index in [4.69, 9.17) is 14.2 Å². The fraction of sp³-hybridized carbons (Fsp3) is 0.786. The Kier molecular flexibility index (Phi) is 61.7. The summed E-state index contributed by atoms with van der Waals surface area (Å²) in [6, 6.07) is 0. The Bertz CT molecular complexity index is 1400. The van der Waals surface area contributed by atoms with Crippen molar-refractivity contribution in [2.45, 2.75) is 341 Å². The molecule has 0 fully saturated rings. The van der Waals surface area contributed by atoms with Crippen LogP contribution in [0.3, 0.4) is 0 Å². The number of carbonyl (C=O) groups excluding carboxylic acids is 3. The van der Waals surface area contributed by atoms with Crippen LogP contribution in [0.1, 0.15) is 335 Å². The summed E-state index contributed by atoms with van der Waals surface area (Å²) in [6.07, 6.45) is 83.3. The Hall–Kier alpha value is -3.15. The topological polar surface area (TPSA) is 78.9 Å². The Morgan fingerprint density at radius 2 is 0.474 bits per heavy atom. The summed E-state index contributed by atoms with van der Waals surface area (Å²) in [6.45, 7) is 6.63. The highest BCUT2D eigenvalue weighted by Crippen LogP contribution is 2.16. The molecule has 0 aromatic heterocycles. The summed E-state index contributed by atoms with van der Waals surface area (Å²) >= 11 is 0. The van der Waals surface area contributed by atoms with Crippen LogP contribution in [-0.4, -0.2) is 37.2 Å². The predicted octanol–water partition coefficient (Wildman–Crippen LogP) is 22.5. The summed E-state index contributed by atoms with van der Waals surface area (Å²) in [7, 11) is 0. The lowest BCUT2D eigenvalue weighted by Crippen LogP contribution is -2.30. The van der Waals surface area contributed by atoms with E-state index in [1.165, 1.54) is 199 Å². The van der Waals surface area contributed by atoms with Crippen LogP contribution in [0.5, 0.6) is 0 Å². The lowest BCUT2D eigenvalue weighted by molar-refractivity contribution is -0.167. The van der Waals surface area contributed by atoms with Crippen molar-refractivity contribution in [1.82, 2.24) is 0 Å². The van der Waals surface area contributed by atoms with Gasteiger partial charge in [-0.25, -0.2) is 0 Å². The van der Waals surface area contributed by atoms with Crippen LogP contribution in [0.15, 0.2) is 72.9 Å². The van der Waals surface area contributed by atoms with Crippen molar-refractivity contribution in [3.05, 3.63) is 72.9 Å². The maximum absolute atomic E-state index is 12.9. The zero-order valence-electron chi connectivity index (χ0n) is 50.5. The first kappa shape index (κ1) is 72.8. The SMILES string of the molecule is CCCCCC/C=C\C/C=C\CCCCCCCC(=O)OCC(COC(=O)CCCCCCCCCC/C=C\C/C=C\C/C=C\CCCCCCC)OC(=O)CCCCCCCCCCC/C=C\CCCCCCCC. The average molecular weight is 1060 g/mol. The molecule has 6 nitrogen and oxygen atoms in total. The molecule has 0 radical (unpaired) electrons. The highest BCUT2D eigenvalue weighted by atomic mass is 16.6. The molecule has 0 N–H and O–H groups in total. The summed E-state index contributed by atoms with van der Waals surface area (Å²) < 4.78 is 16.9. The molecular weight excluding hydrogens is 937 g/mol. The van der Waals surface area contributed by atoms with Crippen LogP contribution < -0.4 is 0 Å². The van der Waals surface area contributed by atoms with E-state index in [9.17, 15) is 14.4 Å². The van der Waals surface area contributed by atoms with E-state index in [1.54, 1.807) is 0 Å². The second kappa shape index (κ2) is 64.4. The monoisotopic (exact) mass is 1060 g/mol. The second-order valence-electron chi connectivity index (χ2n) is 22.0. The summed E-state index contributed by atoms with van der Waals surface area (Å²) in [5.74, 6) is -0.890. The quantitative estimate of drug-likeness (QED) is 0.0261. The lowest BCUT2D eigenvalue weighted by atomic mass is 10.1. The van der Waals surface area contributed by atoms with Gasteiger partial charge >= 0.3 is 17.9 Å². The van der Waals surface area contributed by atoms with Gasteiger partial charge in [-0.2, -0.15) is 0 Å². The van der Waals surface area contributed by atoms with Crippen molar-refractivity contribution >= 4 is 17.9 Å². The molecular formula is C70H124O6. The number of hydrogen-bond acceptors (Lipinski definition) is 6. The van der Waals surface area contributed by atoms with Crippen LogP contribution >= 0.6 is 0 Å². The molecule has 0 saturated carbocycles. The molecule has 0 aromatic carbocycles. The van der Waals surface area contributed by atoms with Gasteiger partial charge in [-0.05, 0) is 116 Å². The van der Waals surface area contributed by atoms with Gasteiger partial charge in [0.2, 0.25) is 0 Å². The summed E-state index contributed by atoms with van der Waals surface area (Å²) in [5, 5.41) is 0. The molecule has 0 amide bonds. The Balaban J connectivity index is 4.38. The number of ether oxygens (including phenoxy) is 3. The van der Waals surface area contributed by atoms with Crippen molar-refractivity contribution in [2.24, 2.45) is 0 Å². The van der Waals surface area contributed by atoms with Gasteiger partial charge in [-0.1, -0.05) is 273 Å². The van der Waals surface area contributed by atoms with Gasteiger partial charge < -0.3 is 14.2 Å². The molecule has 440 valence electrons. The Labute approximate surface area is 472 Å². The maximum atomic E-state index is 12.9. The summed E-state index contributed by atoms with van der Waals surface area (Å²) in [5.41, 5.74) is 0. The van der Waals surface area contributed by atoms with E-state index >= 15 is 0 Å². The molecule has 0 aliphatic rings. The van der Waals surface area contributed by atoms with E-state index in [1.807, 2.05) is 0 Å². The molecule has 1 atom stereocenters. The van der Waals surface area contributed by atoms with Crippen LogP contribution in [-0.2, 0) is 28.6 Å². The van der Waals surface area contributed by atoms with Gasteiger partial charge in [0, 0.05) is 19.3 Å². The number of esters is 3. The van der Waals surface area contributed by atoms with E-state index in [0.29, 0.717) is 19.3 Å². The highest BCUT2D eigenvalue weighted by molar-refractivity contribution is 5.71. The molecule has 0 rings (SSSR count). The maximum Gasteiger partial charge on any atom is 0.306 e. The van der Waals surface area contributed by atoms with Crippen LogP contribution in [0, 0.1) is 0 Å². The third-order valence-electron chi connectivity index (χ3n) is 14.4. The molecule has 0 aromatic rings. The van der Waals surface area contributed by atoms with Crippen LogP contribution in [0.4, 0.5) is 0 Å². The molecule has 76 heavy (non-hydrogen) atoms. The van der Waals surface area contributed by atoms with Gasteiger partial charge in [-0.15, -0.1) is 0 Å². The molecule has 0 heterocycles. The zero-order chi connectivity index (χ0) is 55.0. The standard InChI is InChI=1S/C70H124O6/c1-4-7-10-13-16-19-22-25-28-31-33-34-35-36-38-39-42-45-48-51-54-57-60-63-69(72)75-66-67(65-74-68(71)62-59-56-53-50-47-44-41-30-27-24-21-18-15-12-9-6-3)76-70(73)64-61-58-55-52-49-46-43-40-37-32-29-26-23-20-17-14-11-8-5-2/h21-22,24-26,29-31,33,35-36,41,67H,4-20,23,27-28,32,34,37-40,42-66H2,1-3H3/b24-21-,25-22-,29-26-,33-31-,36-35-,41-30-. The molecule has 0 aliphatic heterocycles. The van der Waals surface area contributed by atoms with Crippen LogP contribution in [0.25, 0.3) is 0 Å². The van der Waals surface area contributed by atoms with Crippen molar-refractivity contribution in [3.8, 4) is 0 Å². The fourth-order valence-electron chi connectivity index (χ4n) is 9.42. The minimum absolute atomic E-state index is 0.0834. The number of carbonyl (C=O) groups is 3. The fourth-order valence-corrected chi connectivity index (χ4v) is 9.42. The molecule has 0 aliphatic carbocycles. The molecule has 6 heteroatoms. The minimum Gasteiger partial charge on any atom is -0.462 e. The van der Waals surface area contributed by atoms with Gasteiger partial charge in [0.1, 0.15) is 13.2 Å². The number of unbranched alkanes of at least 4 members (excludes halogenated alkanes) is 37. The highest BCUT2D eigenvalue weighted by Gasteiger charge is 2.19.